The van der Waals surface area contributed by atoms with Gasteiger partial charge < -0.3 is 20.5 Å². The van der Waals surface area contributed by atoms with Crippen LogP contribution in [0.25, 0.3) is 0 Å². The second-order valence-corrected chi connectivity index (χ2v) is 5.64. The maximum absolute atomic E-state index is 12.3. The molecule has 0 radical (unpaired) electrons. The predicted octanol–water partition coefficient (Wildman–Crippen LogP) is -0.361. The summed E-state index contributed by atoms with van der Waals surface area (Å²) in [5.74, 6) is -0.757. The van der Waals surface area contributed by atoms with Gasteiger partial charge in [-0.05, 0) is 18.8 Å². The number of nitrogens with zero attached hydrogens (tertiary/aromatic N) is 1. The number of aliphatic hydroxyl groups excluding tert-OH is 1. The van der Waals surface area contributed by atoms with E-state index in [0.29, 0.717) is 13.2 Å². The molecule has 2 rings (SSSR count). The van der Waals surface area contributed by atoms with Crippen molar-refractivity contribution >= 4 is 11.8 Å². The standard InChI is InChI=1S/C13H22N2O4/c1-8(11(16)5-12(14)17)4-13(18)15-9-2-3-10(15)7-19-6-9/h8-11,16H,2-7H2,1H3,(H2,14,17)/t8-,9?,10?,11+/m1/s1. The zero-order chi connectivity index (χ0) is 14.0. The molecule has 2 aliphatic heterocycles. The Bertz CT molecular complexity index is 345. The van der Waals surface area contributed by atoms with Crippen molar-refractivity contribution in [2.45, 2.75) is 50.8 Å². The van der Waals surface area contributed by atoms with Crippen LogP contribution in [-0.4, -0.2) is 53.2 Å². The number of ether oxygens (including phenoxy) is 1. The van der Waals surface area contributed by atoms with Crippen molar-refractivity contribution in [2.75, 3.05) is 13.2 Å². The summed E-state index contributed by atoms with van der Waals surface area (Å²) in [5.41, 5.74) is 5.05. The Hall–Kier alpha value is -1.14. The smallest absolute Gasteiger partial charge is 0.223 e. The Kier molecular flexibility index (Phi) is 4.42. The minimum absolute atomic E-state index is 0.0480. The van der Waals surface area contributed by atoms with E-state index in [9.17, 15) is 14.7 Å². The van der Waals surface area contributed by atoms with Crippen LogP contribution < -0.4 is 5.73 Å². The number of hydrogen-bond donors (Lipinski definition) is 2. The van der Waals surface area contributed by atoms with E-state index >= 15 is 0 Å². The number of rotatable bonds is 5. The molecule has 2 aliphatic rings. The topological polar surface area (TPSA) is 92.9 Å². The van der Waals surface area contributed by atoms with E-state index in [1.165, 1.54) is 0 Å². The number of fused-ring (bicyclic) bond motifs is 2. The molecule has 6 nitrogen and oxygen atoms in total. The highest BCUT2D eigenvalue weighted by atomic mass is 16.5. The van der Waals surface area contributed by atoms with Crippen LogP contribution in [0.3, 0.4) is 0 Å². The number of morpholine rings is 1. The van der Waals surface area contributed by atoms with Gasteiger partial charge in [-0.15, -0.1) is 0 Å². The van der Waals surface area contributed by atoms with Gasteiger partial charge in [-0.3, -0.25) is 9.59 Å². The highest BCUT2D eigenvalue weighted by Crippen LogP contribution is 2.30. The Labute approximate surface area is 112 Å². The van der Waals surface area contributed by atoms with Crippen molar-refractivity contribution in [1.29, 1.82) is 0 Å². The fourth-order valence-corrected chi connectivity index (χ4v) is 2.96. The summed E-state index contributed by atoms with van der Waals surface area (Å²) >= 11 is 0. The van der Waals surface area contributed by atoms with E-state index in [1.54, 1.807) is 6.92 Å². The summed E-state index contributed by atoms with van der Waals surface area (Å²) in [6.07, 6.45) is 1.30. The number of aliphatic hydroxyl groups is 1. The summed E-state index contributed by atoms with van der Waals surface area (Å²) in [5, 5.41) is 9.79. The second-order valence-electron chi connectivity index (χ2n) is 5.64. The number of nitrogens with two attached hydrogens (primary N) is 1. The molecule has 2 bridgehead atoms. The van der Waals surface area contributed by atoms with Crippen LogP contribution in [0.15, 0.2) is 0 Å². The van der Waals surface area contributed by atoms with Crippen LogP contribution in [0, 0.1) is 5.92 Å². The monoisotopic (exact) mass is 270 g/mol. The third-order valence-electron chi connectivity index (χ3n) is 4.09. The minimum atomic E-state index is -0.847. The molecular formula is C13H22N2O4. The Morgan fingerprint density at radius 2 is 1.89 bits per heavy atom. The molecule has 0 spiro atoms. The summed E-state index contributed by atoms with van der Waals surface area (Å²) in [4.78, 5) is 25.0. The maximum atomic E-state index is 12.3. The lowest BCUT2D eigenvalue weighted by atomic mass is 9.97. The number of primary amides is 1. The molecule has 2 unspecified atom stereocenters. The molecule has 2 amide bonds. The highest BCUT2D eigenvalue weighted by Gasteiger charge is 2.40. The minimum Gasteiger partial charge on any atom is -0.392 e. The van der Waals surface area contributed by atoms with Crippen molar-refractivity contribution in [3.63, 3.8) is 0 Å². The summed E-state index contributed by atoms with van der Waals surface area (Å²) in [6.45, 7) is 2.99. The van der Waals surface area contributed by atoms with Gasteiger partial charge in [0.05, 0.1) is 37.8 Å². The Morgan fingerprint density at radius 3 is 2.42 bits per heavy atom. The molecule has 3 N–H and O–H groups in total. The number of carbonyl (C=O) groups is 2. The molecule has 2 heterocycles. The predicted molar refractivity (Wildman–Crippen MR) is 68.1 cm³/mol. The number of carbonyl (C=O) groups excluding carboxylic acids is 2. The first-order chi connectivity index (χ1) is 8.99. The van der Waals surface area contributed by atoms with Crippen molar-refractivity contribution in [1.82, 2.24) is 4.90 Å². The quantitative estimate of drug-likeness (QED) is 0.713. The maximum Gasteiger partial charge on any atom is 0.223 e. The van der Waals surface area contributed by atoms with E-state index in [2.05, 4.69) is 0 Å². The molecule has 19 heavy (non-hydrogen) atoms. The molecule has 0 aromatic heterocycles. The zero-order valence-corrected chi connectivity index (χ0v) is 11.2. The van der Waals surface area contributed by atoms with Crippen LogP contribution in [0.2, 0.25) is 0 Å². The van der Waals surface area contributed by atoms with E-state index in [1.807, 2.05) is 4.90 Å². The van der Waals surface area contributed by atoms with Crippen LogP contribution in [0.5, 0.6) is 0 Å². The zero-order valence-electron chi connectivity index (χ0n) is 11.2. The van der Waals surface area contributed by atoms with Gasteiger partial charge in [-0.25, -0.2) is 0 Å². The largest absolute Gasteiger partial charge is 0.392 e. The van der Waals surface area contributed by atoms with Crippen LogP contribution in [0.1, 0.15) is 32.6 Å². The molecular weight excluding hydrogens is 248 g/mol. The second kappa shape index (κ2) is 5.88. The lowest BCUT2D eigenvalue weighted by molar-refractivity contribution is -0.143. The summed E-state index contributed by atoms with van der Waals surface area (Å²) in [7, 11) is 0. The third kappa shape index (κ3) is 3.25. The average molecular weight is 270 g/mol. The SMILES string of the molecule is C[C@H](CC(=O)N1C2CCC1COC2)[C@@H](O)CC(N)=O. The van der Waals surface area contributed by atoms with Gasteiger partial charge in [0.2, 0.25) is 11.8 Å². The van der Waals surface area contributed by atoms with Gasteiger partial charge in [0.1, 0.15) is 0 Å². The summed E-state index contributed by atoms with van der Waals surface area (Å²) < 4.78 is 5.44. The van der Waals surface area contributed by atoms with Crippen molar-refractivity contribution < 1.29 is 19.4 Å². The van der Waals surface area contributed by atoms with Gasteiger partial charge in [0, 0.05) is 6.42 Å². The molecule has 108 valence electrons. The first-order valence-corrected chi connectivity index (χ1v) is 6.84. The van der Waals surface area contributed by atoms with Crippen LogP contribution in [0.4, 0.5) is 0 Å². The average Bonchev–Trinajstić information content (AvgIpc) is 2.58. The lowest BCUT2D eigenvalue weighted by Crippen LogP contribution is -2.49. The van der Waals surface area contributed by atoms with Crippen molar-refractivity contribution in [3.8, 4) is 0 Å². The Balaban J connectivity index is 1.88. The molecule has 0 aromatic carbocycles. The van der Waals surface area contributed by atoms with E-state index in [4.69, 9.17) is 10.5 Å². The fraction of sp³-hybridized carbons (Fsp3) is 0.846. The number of hydrogen-bond acceptors (Lipinski definition) is 4. The molecule has 2 fully saturated rings. The van der Waals surface area contributed by atoms with Gasteiger partial charge in [-0.2, -0.15) is 0 Å². The van der Waals surface area contributed by atoms with Crippen molar-refractivity contribution in [2.24, 2.45) is 11.7 Å². The first kappa shape index (κ1) is 14.3. The third-order valence-corrected chi connectivity index (χ3v) is 4.09. The molecule has 4 atom stereocenters. The first-order valence-electron chi connectivity index (χ1n) is 6.84. The highest BCUT2D eigenvalue weighted by molar-refractivity contribution is 5.78. The molecule has 0 saturated carbocycles. The molecule has 0 aromatic rings. The molecule has 2 saturated heterocycles. The van der Waals surface area contributed by atoms with E-state index in [-0.39, 0.29) is 36.8 Å². The van der Waals surface area contributed by atoms with Gasteiger partial charge in [-0.1, -0.05) is 6.92 Å². The molecule has 6 heteroatoms. The fourth-order valence-electron chi connectivity index (χ4n) is 2.96. The summed E-state index contributed by atoms with van der Waals surface area (Å²) in [6, 6.07) is 0.374. The van der Waals surface area contributed by atoms with E-state index in [0.717, 1.165) is 12.8 Å². The number of amides is 2. The van der Waals surface area contributed by atoms with E-state index < -0.39 is 12.0 Å². The van der Waals surface area contributed by atoms with Crippen LogP contribution >= 0.6 is 0 Å². The van der Waals surface area contributed by atoms with Gasteiger partial charge in [0.15, 0.2) is 0 Å². The van der Waals surface area contributed by atoms with Gasteiger partial charge >= 0.3 is 0 Å². The normalized spacial score (nSPS) is 29.1. The lowest BCUT2D eigenvalue weighted by Gasteiger charge is -2.35. The Morgan fingerprint density at radius 1 is 1.32 bits per heavy atom. The van der Waals surface area contributed by atoms with Crippen LogP contribution in [-0.2, 0) is 14.3 Å². The van der Waals surface area contributed by atoms with Gasteiger partial charge in [0.25, 0.3) is 0 Å². The van der Waals surface area contributed by atoms with Crippen molar-refractivity contribution in [3.05, 3.63) is 0 Å². The molecule has 0 aliphatic carbocycles.